The fourth-order valence-electron chi connectivity index (χ4n) is 3.84. The van der Waals surface area contributed by atoms with Crippen molar-refractivity contribution in [3.63, 3.8) is 0 Å². The third kappa shape index (κ3) is 4.35. The lowest BCUT2D eigenvalue weighted by molar-refractivity contribution is 0.102. The van der Waals surface area contributed by atoms with Crippen molar-refractivity contribution < 1.29 is 13.9 Å². The van der Waals surface area contributed by atoms with Gasteiger partial charge in [0, 0.05) is 6.20 Å². The number of amides is 1. The number of nitrogens with one attached hydrogen (secondary N) is 1. The highest BCUT2D eigenvalue weighted by Crippen LogP contribution is 2.27. The van der Waals surface area contributed by atoms with E-state index in [1.54, 1.807) is 43.5 Å². The minimum absolute atomic E-state index is 0.295. The zero-order valence-electron chi connectivity index (χ0n) is 17.0. The van der Waals surface area contributed by atoms with E-state index in [-0.39, 0.29) is 5.91 Å². The van der Waals surface area contributed by atoms with Crippen LogP contribution in [-0.2, 0) is 0 Å². The van der Waals surface area contributed by atoms with Gasteiger partial charge in [-0.05, 0) is 49.9 Å². The van der Waals surface area contributed by atoms with E-state index < -0.39 is 5.82 Å². The van der Waals surface area contributed by atoms with Crippen molar-refractivity contribution in [3.8, 4) is 11.4 Å². The Morgan fingerprint density at radius 1 is 1.20 bits per heavy atom. The Bertz CT molecular complexity index is 1030. The summed E-state index contributed by atoms with van der Waals surface area (Å²) >= 11 is 0. The molecule has 0 saturated heterocycles. The Kier molecular flexibility index (Phi) is 6.07. The van der Waals surface area contributed by atoms with Crippen LogP contribution < -0.4 is 10.1 Å². The number of carbonyl (C=O) groups is 1. The predicted octanol–water partition coefficient (Wildman–Crippen LogP) is 4.93. The Labute approximate surface area is 175 Å². The molecule has 30 heavy (non-hydrogen) atoms. The number of carbonyl (C=O) groups excluding carboxylic acids is 1. The predicted molar refractivity (Wildman–Crippen MR) is 113 cm³/mol. The monoisotopic (exact) mass is 408 g/mol. The molecule has 1 N–H and O–H groups in total. The van der Waals surface area contributed by atoms with Gasteiger partial charge in [-0.3, -0.25) is 4.79 Å². The van der Waals surface area contributed by atoms with E-state index in [4.69, 9.17) is 4.74 Å². The normalized spacial score (nSPS) is 14.5. The fraction of sp³-hybridized carbons (Fsp3) is 0.348. The van der Waals surface area contributed by atoms with Crippen LogP contribution in [0.2, 0.25) is 0 Å². The van der Waals surface area contributed by atoms with Gasteiger partial charge in [-0.1, -0.05) is 31.4 Å². The number of halogens is 1. The highest BCUT2D eigenvalue weighted by atomic mass is 19.1. The summed E-state index contributed by atoms with van der Waals surface area (Å²) in [6.07, 6.45) is 9.19. The van der Waals surface area contributed by atoms with Crippen molar-refractivity contribution in [2.24, 2.45) is 5.92 Å². The van der Waals surface area contributed by atoms with Crippen LogP contribution >= 0.6 is 0 Å². The van der Waals surface area contributed by atoms with E-state index in [2.05, 4.69) is 15.4 Å². The van der Waals surface area contributed by atoms with Crippen LogP contribution in [0.15, 0.2) is 48.8 Å². The number of hydrogen-bond donors (Lipinski definition) is 1. The Morgan fingerprint density at radius 2 is 2.00 bits per heavy atom. The van der Waals surface area contributed by atoms with Gasteiger partial charge < -0.3 is 10.1 Å². The molecule has 4 rings (SSSR count). The van der Waals surface area contributed by atoms with E-state index in [0.717, 1.165) is 0 Å². The van der Waals surface area contributed by atoms with Crippen molar-refractivity contribution in [2.45, 2.75) is 39.0 Å². The molecule has 6 nitrogen and oxygen atoms in total. The van der Waals surface area contributed by atoms with Gasteiger partial charge in [0.2, 0.25) is 0 Å². The summed E-state index contributed by atoms with van der Waals surface area (Å²) in [5.41, 5.74) is 1.18. The maximum Gasteiger partial charge on any atom is 0.260 e. The minimum atomic E-state index is -0.404. The van der Waals surface area contributed by atoms with Crippen molar-refractivity contribution >= 4 is 11.7 Å². The molecule has 1 aliphatic rings. The zero-order chi connectivity index (χ0) is 20.9. The Balaban J connectivity index is 1.49. The summed E-state index contributed by atoms with van der Waals surface area (Å²) in [6, 6.07) is 9.91. The highest BCUT2D eigenvalue weighted by Gasteiger charge is 2.20. The van der Waals surface area contributed by atoms with Gasteiger partial charge in [-0.25, -0.2) is 14.1 Å². The third-order valence-corrected chi connectivity index (χ3v) is 5.54. The summed E-state index contributed by atoms with van der Waals surface area (Å²) in [5.74, 6) is 0.700. The molecule has 156 valence electrons. The summed E-state index contributed by atoms with van der Waals surface area (Å²) in [6.45, 7) is 2.35. The molecule has 1 aromatic carbocycles. The number of anilines is 1. The number of aromatic nitrogens is 3. The van der Waals surface area contributed by atoms with Gasteiger partial charge in [-0.15, -0.1) is 0 Å². The van der Waals surface area contributed by atoms with Gasteiger partial charge in [0.1, 0.15) is 11.5 Å². The van der Waals surface area contributed by atoms with E-state index >= 15 is 0 Å². The average Bonchev–Trinajstić information content (AvgIpc) is 3.15. The minimum Gasteiger partial charge on any atom is -0.489 e. The van der Waals surface area contributed by atoms with Gasteiger partial charge >= 0.3 is 0 Å². The number of nitrogens with zero attached hydrogens (tertiary/aromatic N) is 3. The lowest BCUT2D eigenvalue weighted by Crippen LogP contribution is -2.18. The maximum atomic E-state index is 14.1. The molecule has 3 aromatic rings. The van der Waals surface area contributed by atoms with Gasteiger partial charge in [0.25, 0.3) is 5.91 Å². The highest BCUT2D eigenvalue weighted by molar-refractivity contribution is 6.05. The summed E-state index contributed by atoms with van der Waals surface area (Å²) in [5, 5.41) is 7.01. The molecule has 0 spiro atoms. The number of benzene rings is 1. The zero-order valence-corrected chi connectivity index (χ0v) is 17.0. The second-order valence-electron chi connectivity index (χ2n) is 7.63. The largest absolute Gasteiger partial charge is 0.489 e. The van der Waals surface area contributed by atoms with Crippen molar-refractivity contribution in [1.82, 2.24) is 14.8 Å². The number of ether oxygens (including phenoxy) is 1. The molecule has 2 aromatic heterocycles. The van der Waals surface area contributed by atoms with Crippen LogP contribution in [0.25, 0.3) is 5.69 Å². The summed E-state index contributed by atoms with van der Waals surface area (Å²) in [4.78, 5) is 17.1. The maximum absolute atomic E-state index is 14.1. The summed E-state index contributed by atoms with van der Waals surface area (Å²) in [7, 11) is 0. The van der Waals surface area contributed by atoms with E-state index in [0.29, 0.717) is 41.0 Å². The molecular formula is C23H25FN4O2. The van der Waals surface area contributed by atoms with Crippen LogP contribution in [0.5, 0.6) is 5.75 Å². The fourth-order valence-corrected chi connectivity index (χ4v) is 3.84. The van der Waals surface area contributed by atoms with Crippen LogP contribution in [0.3, 0.4) is 0 Å². The lowest BCUT2D eigenvalue weighted by Gasteiger charge is -2.22. The van der Waals surface area contributed by atoms with Crippen molar-refractivity contribution in [2.75, 3.05) is 11.9 Å². The van der Waals surface area contributed by atoms with Crippen molar-refractivity contribution in [1.29, 1.82) is 0 Å². The molecular weight excluding hydrogens is 383 g/mol. The number of hydrogen-bond acceptors (Lipinski definition) is 4. The molecule has 2 heterocycles. The average molecular weight is 408 g/mol. The SMILES string of the molecule is Cc1c(C(=O)Nc2ncccc2OCC2CCCCC2)cnn1-c1ccccc1F. The first-order valence-corrected chi connectivity index (χ1v) is 10.3. The smallest absolute Gasteiger partial charge is 0.260 e. The Hall–Kier alpha value is -3.22. The first-order chi connectivity index (χ1) is 14.6. The quantitative estimate of drug-likeness (QED) is 0.628. The van der Waals surface area contributed by atoms with Crippen molar-refractivity contribution in [3.05, 3.63) is 65.9 Å². The summed E-state index contributed by atoms with van der Waals surface area (Å²) < 4.78 is 21.5. The first kappa shape index (κ1) is 20.1. The second kappa shape index (κ2) is 9.07. The molecule has 0 aliphatic heterocycles. The molecule has 7 heteroatoms. The molecule has 1 amide bonds. The van der Waals surface area contributed by atoms with Crippen LogP contribution in [0, 0.1) is 18.7 Å². The van der Waals surface area contributed by atoms with Gasteiger partial charge in [0.05, 0.1) is 24.1 Å². The standard InChI is InChI=1S/C23H25FN4O2/c1-16-18(14-26-28(16)20-11-6-5-10-19(20)24)23(29)27-22-21(12-7-13-25-22)30-15-17-8-3-2-4-9-17/h5-7,10-14,17H,2-4,8-9,15H2,1H3,(H,25,27,29). The topological polar surface area (TPSA) is 69.0 Å². The first-order valence-electron chi connectivity index (χ1n) is 10.3. The number of pyridine rings is 1. The molecule has 0 unspecified atom stereocenters. The van der Waals surface area contributed by atoms with Crippen LogP contribution in [0.4, 0.5) is 10.2 Å². The molecule has 0 radical (unpaired) electrons. The van der Waals surface area contributed by atoms with Gasteiger partial charge in [0.15, 0.2) is 11.6 Å². The lowest BCUT2D eigenvalue weighted by atomic mass is 9.90. The molecule has 1 saturated carbocycles. The Morgan fingerprint density at radius 3 is 2.80 bits per heavy atom. The number of para-hydroxylation sites is 1. The van der Waals surface area contributed by atoms with E-state index in [9.17, 15) is 9.18 Å². The molecule has 0 bridgehead atoms. The van der Waals surface area contributed by atoms with Gasteiger partial charge in [-0.2, -0.15) is 5.10 Å². The molecule has 1 aliphatic carbocycles. The second-order valence-corrected chi connectivity index (χ2v) is 7.63. The number of rotatable bonds is 6. The van der Waals surface area contributed by atoms with Crippen LogP contribution in [-0.4, -0.2) is 27.3 Å². The van der Waals surface area contributed by atoms with E-state index in [1.807, 2.05) is 0 Å². The molecule has 0 atom stereocenters. The molecule has 1 fully saturated rings. The van der Waals surface area contributed by atoms with E-state index in [1.165, 1.54) is 49.0 Å². The van der Waals surface area contributed by atoms with Crippen LogP contribution in [0.1, 0.15) is 48.2 Å². The third-order valence-electron chi connectivity index (χ3n) is 5.54.